The van der Waals surface area contributed by atoms with Crippen molar-refractivity contribution in [2.45, 2.75) is 20.4 Å². The molecule has 2 heterocycles. The van der Waals surface area contributed by atoms with Crippen molar-refractivity contribution in [3.05, 3.63) is 51.6 Å². The van der Waals surface area contributed by atoms with Gasteiger partial charge in [-0.15, -0.1) is 11.3 Å². The first-order valence-corrected chi connectivity index (χ1v) is 8.58. The summed E-state index contributed by atoms with van der Waals surface area (Å²) in [6.45, 7) is 4.37. The summed E-state index contributed by atoms with van der Waals surface area (Å²) in [5.74, 6) is 0.241. The number of ether oxygens (including phenoxy) is 1. The fraction of sp³-hybridized carbons (Fsp3) is 0.235. The number of carbonyl (C=O) groups excluding carboxylic acids is 1. The molecule has 24 heavy (non-hydrogen) atoms. The summed E-state index contributed by atoms with van der Waals surface area (Å²) >= 11 is 7.43. The number of carbonyl (C=O) groups is 1. The second-order valence-corrected chi connectivity index (χ2v) is 6.97. The summed E-state index contributed by atoms with van der Waals surface area (Å²) in [6, 6.07) is 7.32. The maximum atomic E-state index is 12.0. The molecule has 3 aromatic rings. The second-order valence-electron chi connectivity index (χ2n) is 5.33. The fourth-order valence-electron chi connectivity index (χ4n) is 2.25. The Morgan fingerprint density at radius 3 is 2.75 bits per heavy atom. The van der Waals surface area contributed by atoms with Crippen molar-refractivity contribution in [1.29, 1.82) is 0 Å². The van der Waals surface area contributed by atoms with Crippen LogP contribution >= 0.6 is 22.9 Å². The lowest BCUT2D eigenvalue weighted by molar-refractivity contribution is -0.123. The summed E-state index contributed by atoms with van der Waals surface area (Å²) < 4.78 is 5.61. The van der Waals surface area contributed by atoms with E-state index in [0.29, 0.717) is 17.4 Å². The van der Waals surface area contributed by atoms with Crippen LogP contribution in [-0.4, -0.2) is 22.5 Å². The van der Waals surface area contributed by atoms with Crippen LogP contribution < -0.4 is 10.1 Å². The lowest BCUT2D eigenvalue weighted by atomic mass is 10.2. The third-order valence-corrected chi connectivity index (χ3v) is 5.04. The molecule has 0 spiro atoms. The number of rotatable bonds is 5. The first kappa shape index (κ1) is 16.7. The van der Waals surface area contributed by atoms with Gasteiger partial charge in [0, 0.05) is 16.4 Å². The van der Waals surface area contributed by atoms with E-state index in [1.807, 2.05) is 26.0 Å². The molecule has 0 saturated carbocycles. The molecule has 3 rings (SSSR count). The second kappa shape index (κ2) is 7.15. The van der Waals surface area contributed by atoms with Crippen LogP contribution in [0.1, 0.15) is 16.0 Å². The van der Waals surface area contributed by atoms with E-state index in [4.69, 9.17) is 16.3 Å². The molecule has 0 aliphatic rings. The van der Waals surface area contributed by atoms with Gasteiger partial charge in [-0.05, 0) is 37.1 Å². The zero-order valence-electron chi connectivity index (χ0n) is 13.3. The monoisotopic (exact) mass is 361 g/mol. The summed E-state index contributed by atoms with van der Waals surface area (Å²) in [4.78, 5) is 22.4. The Balaban J connectivity index is 1.61. The number of amides is 1. The van der Waals surface area contributed by atoms with Gasteiger partial charge in [-0.25, -0.2) is 9.97 Å². The van der Waals surface area contributed by atoms with Gasteiger partial charge in [0.2, 0.25) is 5.88 Å². The zero-order valence-corrected chi connectivity index (χ0v) is 14.9. The first-order chi connectivity index (χ1) is 11.5. The average Bonchev–Trinajstić information content (AvgIpc) is 2.87. The number of nitrogens with zero attached hydrogens (tertiary/aromatic N) is 2. The summed E-state index contributed by atoms with van der Waals surface area (Å²) in [7, 11) is 0. The van der Waals surface area contributed by atoms with Crippen molar-refractivity contribution >= 4 is 39.1 Å². The molecular formula is C17H16ClN3O2S. The van der Waals surface area contributed by atoms with E-state index in [1.54, 1.807) is 23.5 Å². The van der Waals surface area contributed by atoms with Gasteiger partial charge >= 0.3 is 0 Å². The van der Waals surface area contributed by atoms with Crippen LogP contribution in [0.4, 0.5) is 0 Å². The van der Waals surface area contributed by atoms with Gasteiger partial charge < -0.3 is 10.1 Å². The van der Waals surface area contributed by atoms with Crippen molar-refractivity contribution in [3.63, 3.8) is 0 Å². The number of nitrogens with one attached hydrogen (secondary N) is 1. The van der Waals surface area contributed by atoms with E-state index >= 15 is 0 Å². The third-order valence-electron chi connectivity index (χ3n) is 3.67. The number of thiophene rings is 1. The van der Waals surface area contributed by atoms with Gasteiger partial charge in [0.05, 0.1) is 5.39 Å². The molecule has 1 N–H and O–H groups in total. The topological polar surface area (TPSA) is 64.1 Å². The number of aromatic nitrogens is 2. The van der Waals surface area contributed by atoms with Crippen molar-refractivity contribution in [1.82, 2.24) is 15.3 Å². The molecule has 2 aromatic heterocycles. The van der Waals surface area contributed by atoms with E-state index < -0.39 is 0 Å². The average molecular weight is 362 g/mol. The highest BCUT2D eigenvalue weighted by atomic mass is 35.5. The van der Waals surface area contributed by atoms with Gasteiger partial charge in [0.1, 0.15) is 11.2 Å². The van der Waals surface area contributed by atoms with Crippen LogP contribution in [0.15, 0.2) is 30.6 Å². The highest BCUT2D eigenvalue weighted by Crippen LogP contribution is 2.33. The predicted octanol–water partition coefficient (Wildman–Crippen LogP) is 3.66. The molecule has 0 bridgehead atoms. The van der Waals surface area contributed by atoms with E-state index in [2.05, 4.69) is 15.3 Å². The van der Waals surface area contributed by atoms with Gasteiger partial charge in [0.25, 0.3) is 5.91 Å². The van der Waals surface area contributed by atoms with Crippen molar-refractivity contribution in [3.8, 4) is 5.88 Å². The molecule has 0 fully saturated rings. The van der Waals surface area contributed by atoms with Crippen molar-refractivity contribution < 1.29 is 9.53 Å². The molecule has 0 saturated heterocycles. The Hall–Kier alpha value is -2.18. The van der Waals surface area contributed by atoms with E-state index in [-0.39, 0.29) is 12.5 Å². The normalized spacial score (nSPS) is 10.8. The maximum absolute atomic E-state index is 12.0. The number of aryl methyl sites for hydroxylation is 2. The van der Waals surface area contributed by atoms with E-state index in [9.17, 15) is 4.79 Å². The number of hydrogen-bond donors (Lipinski definition) is 1. The number of halogens is 1. The highest BCUT2D eigenvalue weighted by molar-refractivity contribution is 7.18. The summed E-state index contributed by atoms with van der Waals surface area (Å²) in [5, 5.41) is 4.36. The summed E-state index contributed by atoms with van der Waals surface area (Å²) in [6.07, 6.45) is 1.46. The molecule has 124 valence electrons. The maximum Gasteiger partial charge on any atom is 0.258 e. The lowest BCUT2D eigenvalue weighted by Crippen LogP contribution is -2.28. The van der Waals surface area contributed by atoms with Crippen LogP contribution in [0.3, 0.4) is 0 Å². The molecule has 0 aliphatic heterocycles. The minimum Gasteiger partial charge on any atom is -0.467 e. The Morgan fingerprint density at radius 1 is 1.25 bits per heavy atom. The smallest absolute Gasteiger partial charge is 0.258 e. The first-order valence-electron chi connectivity index (χ1n) is 7.39. The highest BCUT2D eigenvalue weighted by Gasteiger charge is 2.14. The van der Waals surface area contributed by atoms with Gasteiger partial charge in [-0.3, -0.25) is 4.79 Å². The SMILES string of the molecule is Cc1sc2ncnc(OCC(=O)NCc3ccc(Cl)cc3)c2c1C. The number of fused-ring (bicyclic) bond motifs is 1. The molecule has 7 heteroatoms. The molecule has 0 radical (unpaired) electrons. The van der Waals surface area contributed by atoms with Crippen LogP contribution in [0.2, 0.25) is 5.02 Å². The molecule has 1 aromatic carbocycles. The standard InChI is InChI=1S/C17H16ClN3O2S/c1-10-11(2)24-17-15(10)16(20-9-21-17)23-8-14(22)19-7-12-3-5-13(18)6-4-12/h3-6,9H,7-8H2,1-2H3,(H,19,22). The summed E-state index contributed by atoms with van der Waals surface area (Å²) in [5.41, 5.74) is 2.06. The van der Waals surface area contributed by atoms with E-state index in [0.717, 1.165) is 21.3 Å². The Labute approximate surface area is 148 Å². The molecule has 1 amide bonds. The van der Waals surface area contributed by atoms with Crippen molar-refractivity contribution in [2.24, 2.45) is 0 Å². The van der Waals surface area contributed by atoms with Crippen LogP contribution in [0, 0.1) is 13.8 Å². The number of benzene rings is 1. The molecule has 5 nitrogen and oxygen atoms in total. The van der Waals surface area contributed by atoms with E-state index in [1.165, 1.54) is 11.2 Å². The van der Waals surface area contributed by atoms with Gasteiger partial charge in [0.15, 0.2) is 6.61 Å². The Bertz CT molecular complexity index is 877. The minimum atomic E-state index is -0.207. The lowest BCUT2D eigenvalue weighted by Gasteiger charge is -2.08. The molecular weight excluding hydrogens is 346 g/mol. The zero-order chi connectivity index (χ0) is 17.1. The van der Waals surface area contributed by atoms with Crippen LogP contribution in [0.25, 0.3) is 10.2 Å². The van der Waals surface area contributed by atoms with Gasteiger partial charge in [-0.2, -0.15) is 0 Å². The largest absolute Gasteiger partial charge is 0.467 e. The van der Waals surface area contributed by atoms with Gasteiger partial charge in [-0.1, -0.05) is 23.7 Å². The molecule has 0 unspecified atom stereocenters. The fourth-order valence-corrected chi connectivity index (χ4v) is 3.36. The quantitative estimate of drug-likeness (QED) is 0.753. The predicted molar refractivity (Wildman–Crippen MR) is 95.7 cm³/mol. The van der Waals surface area contributed by atoms with Crippen LogP contribution in [0.5, 0.6) is 5.88 Å². The number of hydrogen-bond acceptors (Lipinski definition) is 5. The third kappa shape index (κ3) is 3.66. The Morgan fingerprint density at radius 2 is 2.00 bits per heavy atom. The van der Waals surface area contributed by atoms with Crippen LogP contribution in [-0.2, 0) is 11.3 Å². The minimum absolute atomic E-state index is 0.0892. The Kier molecular flexibility index (Phi) is 4.97. The molecule has 0 aliphatic carbocycles. The molecule has 0 atom stereocenters. The van der Waals surface area contributed by atoms with Crippen molar-refractivity contribution in [2.75, 3.05) is 6.61 Å².